The van der Waals surface area contributed by atoms with Gasteiger partial charge in [0.1, 0.15) is 23.9 Å². The van der Waals surface area contributed by atoms with Gasteiger partial charge in [-0.15, -0.1) is 0 Å². The van der Waals surface area contributed by atoms with E-state index in [1.54, 1.807) is 9.96 Å². The number of rotatable bonds is 17. The molecule has 4 N–H and O–H groups in total. The van der Waals surface area contributed by atoms with Crippen LogP contribution in [-0.2, 0) is 28.7 Å². The molecule has 0 bridgehead atoms. The Balaban J connectivity index is 1.07. The summed E-state index contributed by atoms with van der Waals surface area (Å²) in [6, 6.07) is 26.5. The number of carbonyl (C=O) groups is 5. The van der Waals surface area contributed by atoms with E-state index in [4.69, 9.17) is 14.3 Å². The number of benzene rings is 3. The normalized spacial score (nSPS) is 20.0. The Kier molecular flexibility index (Phi) is 17.0. The molecule has 4 heterocycles. The summed E-state index contributed by atoms with van der Waals surface area (Å²) in [5.41, 5.74) is 6.64. The number of methoxy groups -OCH3 is 2. The summed E-state index contributed by atoms with van der Waals surface area (Å²) >= 11 is 0. The molecule has 3 aliphatic heterocycles. The first-order chi connectivity index (χ1) is 33.6. The summed E-state index contributed by atoms with van der Waals surface area (Å²) in [6.45, 7) is 8.92. The lowest BCUT2D eigenvalue weighted by atomic mass is 10.0. The van der Waals surface area contributed by atoms with E-state index >= 15 is 0 Å². The third kappa shape index (κ3) is 12.2. The maximum Gasteiger partial charge on any atom is 0.407 e. The number of nitrogens with one attached hydrogen (secondary N) is 4. The van der Waals surface area contributed by atoms with Crippen molar-refractivity contribution in [3.63, 3.8) is 0 Å². The Labute approximate surface area is 411 Å². The number of amides is 5. The first-order valence-electron chi connectivity index (χ1n) is 24.4. The first-order valence-corrected chi connectivity index (χ1v) is 24.4. The van der Waals surface area contributed by atoms with E-state index in [1.165, 1.54) is 14.2 Å². The molecule has 2 unspecified atom stereocenters. The van der Waals surface area contributed by atoms with E-state index < -0.39 is 30.3 Å². The highest BCUT2D eigenvalue weighted by Gasteiger charge is 2.40. The number of hydrogen-bond acceptors (Lipinski definition) is 12. The smallest absolute Gasteiger partial charge is 0.407 e. The molecule has 1 aromatic heterocycles. The van der Waals surface area contributed by atoms with E-state index in [0.29, 0.717) is 43.7 Å². The largest absolute Gasteiger partial charge is 0.453 e. The average molecular weight is 960 g/mol. The number of nitrogens with zero attached hydrogens (tertiary/aromatic N) is 5. The highest BCUT2D eigenvalue weighted by atomic mass is 16.7. The Morgan fingerprint density at radius 2 is 1.20 bits per heavy atom. The highest BCUT2D eigenvalue weighted by Crippen LogP contribution is 2.47. The van der Waals surface area contributed by atoms with Crippen LogP contribution in [0.4, 0.5) is 32.5 Å². The van der Waals surface area contributed by atoms with Crippen molar-refractivity contribution in [3.05, 3.63) is 102 Å². The molecule has 0 radical (unpaired) electrons. The Bertz CT molecular complexity index is 2410. The molecular weight excluding hydrogens is 891 g/mol. The van der Waals surface area contributed by atoms with Crippen LogP contribution >= 0.6 is 0 Å². The van der Waals surface area contributed by atoms with Crippen molar-refractivity contribution in [2.24, 2.45) is 11.8 Å². The number of alkyl carbamates (subject to hydrolysis) is 2. The van der Waals surface area contributed by atoms with Crippen LogP contribution in [0.5, 0.6) is 0 Å². The molecule has 3 saturated heterocycles. The first kappa shape index (κ1) is 51.1. The topological polar surface area (TPSA) is 187 Å². The van der Waals surface area contributed by atoms with Gasteiger partial charge in [0, 0.05) is 56.0 Å². The van der Waals surface area contributed by atoms with Crippen LogP contribution in [0.15, 0.2) is 91.1 Å². The standard InChI is InChI=1S/C53H69N9O8/c1-33(2)42(57-52(66)68-7)32-70-61-30-10-12-46(61)50(64)56-40-22-15-37(16-23-40)44-27-26-43(62(44)41-24-17-35(18-25-41)38-19-28-47(54-31-38)59(5)6)36-13-20-39(21-14-36)55-49(63)45-11-9-29-60(45)51(65)48(34(3)4)58-53(67)69-8/h13-25,28,31,33-34,42-46,48H,9-12,26-27,29-30,32H2,1-8H3,(H,55,63)(H,56,64)(H,57,66)(H,58,67)/t42-,43?,44?,45+,46+,48+/m1/s1. The third-order valence-corrected chi connectivity index (χ3v) is 13.7. The van der Waals surface area contributed by atoms with Crippen LogP contribution in [0.25, 0.3) is 11.1 Å². The van der Waals surface area contributed by atoms with Gasteiger partial charge < -0.3 is 45.4 Å². The molecule has 4 aromatic rings. The van der Waals surface area contributed by atoms with Crippen LogP contribution in [0.1, 0.15) is 89.4 Å². The van der Waals surface area contributed by atoms with Gasteiger partial charge >= 0.3 is 12.2 Å². The summed E-state index contributed by atoms with van der Waals surface area (Å²) in [6.07, 6.45) is 5.08. The zero-order chi connectivity index (χ0) is 50.1. The summed E-state index contributed by atoms with van der Waals surface area (Å²) in [4.78, 5) is 81.7. The Hall–Kier alpha value is -6.72. The number of hydroxylamine groups is 2. The zero-order valence-corrected chi connectivity index (χ0v) is 41.6. The maximum absolute atomic E-state index is 13.7. The predicted octanol–water partition coefficient (Wildman–Crippen LogP) is 7.92. The van der Waals surface area contributed by atoms with Crippen molar-refractivity contribution < 1.29 is 38.3 Å². The van der Waals surface area contributed by atoms with E-state index in [-0.39, 0.29) is 54.3 Å². The van der Waals surface area contributed by atoms with Gasteiger partial charge in [-0.05, 0) is 116 Å². The van der Waals surface area contributed by atoms with Crippen molar-refractivity contribution in [1.29, 1.82) is 0 Å². The monoisotopic (exact) mass is 960 g/mol. The minimum Gasteiger partial charge on any atom is -0.453 e. The van der Waals surface area contributed by atoms with Crippen LogP contribution in [0, 0.1) is 11.8 Å². The summed E-state index contributed by atoms with van der Waals surface area (Å²) in [5.74, 6) is 0.0525. The van der Waals surface area contributed by atoms with Gasteiger partial charge in [0.25, 0.3) is 0 Å². The van der Waals surface area contributed by atoms with Crippen LogP contribution in [0.2, 0.25) is 0 Å². The lowest BCUT2D eigenvalue weighted by Gasteiger charge is -2.33. The number of carbonyl (C=O) groups excluding carboxylic acids is 5. The molecular formula is C53H69N9O8. The van der Waals surface area contributed by atoms with Crippen LogP contribution in [0.3, 0.4) is 0 Å². The van der Waals surface area contributed by atoms with E-state index in [2.05, 4.69) is 85.7 Å². The fourth-order valence-electron chi connectivity index (χ4n) is 9.63. The quantitative estimate of drug-likeness (QED) is 0.0802. The lowest BCUT2D eigenvalue weighted by molar-refractivity contribution is -0.179. The van der Waals surface area contributed by atoms with E-state index in [0.717, 1.165) is 53.0 Å². The van der Waals surface area contributed by atoms with Gasteiger partial charge in [-0.25, -0.2) is 14.6 Å². The molecule has 0 saturated carbocycles. The predicted molar refractivity (Wildman–Crippen MR) is 270 cm³/mol. The molecule has 17 heteroatoms. The minimum atomic E-state index is -0.817. The summed E-state index contributed by atoms with van der Waals surface area (Å²) < 4.78 is 9.54. The van der Waals surface area contributed by atoms with Gasteiger partial charge in [0.15, 0.2) is 0 Å². The average Bonchev–Trinajstić information content (AvgIpc) is 4.16. The van der Waals surface area contributed by atoms with Crippen molar-refractivity contribution in [1.82, 2.24) is 25.6 Å². The molecule has 0 spiro atoms. The number of aromatic nitrogens is 1. The Morgan fingerprint density at radius 1 is 0.657 bits per heavy atom. The minimum absolute atomic E-state index is 0.00528. The van der Waals surface area contributed by atoms with E-state index in [1.807, 2.05) is 83.2 Å². The van der Waals surface area contributed by atoms with Crippen molar-refractivity contribution >= 4 is 52.8 Å². The van der Waals surface area contributed by atoms with Gasteiger partial charge in [-0.2, -0.15) is 5.06 Å². The summed E-state index contributed by atoms with van der Waals surface area (Å²) in [5, 5.41) is 13.3. The number of hydrogen-bond donors (Lipinski definition) is 4. The van der Waals surface area contributed by atoms with Gasteiger partial charge in [0.05, 0.1) is 39.0 Å². The van der Waals surface area contributed by atoms with Crippen LogP contribution in [-0.4, -0.2) is 117 Å². The molecule has 5 amide bonds. The number of pyridine rings is 1. The molecule has 7 rings (SSSR count). The SMILES string of the molecule is COC(=O)N[C@H](C(=O)N1CCC[C@H]1C(=O)Nc1ccc(C2CCC(c3ccc(NC(=O)[C@@H]4CCCN4OC[C@@H](NC(=O)OC)C(C)C)cc3)N2c2ccc(-c3ccc(N(C)C)nc3)cc2)cc1)C(C)C. The molecule has 3 aliphatic rings. The Morgan fingerprint density at radius 3 is 1.73 bits per heavy atom. The molecule has 374 valence electrons. The van der Waals surface area contributed by atoms with Crippen molar-refractivity contribution in [2.75, 3.05) is 68.4 Å². The van der Waals surface area contributed by atoms with Gasteiger partial charge in [-0.3, -0.25) is 19.2 Å². The van der Waals surface area contributed by atoms with Crippen molar-refractivity contribution in [2.45, 2.75) is 102 Å². The number of likely N-dealkylation sites (tertiary alicyclic amines) is 1. The van der Waals surface area contributed by atoms with Gasteiger partial charge in [-0.1, -0.05) is 64.1 Å². The number of anilines is 4. The fraction of sp³-hybridized carbons (Fsp3) is 0.472. The van der Waals surface area contributed by atoms with E-state index in [9.17, 15) is 24.0 Å². The molecule has 6 atom stereocenters. The molecule has 70 heavy (non-hydrogen) atoms. The highest BCUT2D eigenvalue weighted by molar-refractivity contribution is 5.99. The van der Waals surface area contributed by atoms with Crippen LogP contribution < -0.4 is 31.1 Å². The maximum atomic E-state index is 13.7. The molecule has 0 aliphatic carbocycles. The summed E-state index contributed by atoms with van der Waals surface area (Å²) in [7, 11) is 6.52. The zero-order valence-electron chi connectivity index (χ0n) is 41.6. The second-order valence-electron chi connectivity index (χ2n) is 19.2. The fourth-order valence-corrected chi connectivity index (χ4v) is 9.63. The number of ether oxygens (including phenoxy) is 2. The molecule has 3 fully saturated rings. The second-order valence-corrected chi connectivity index (χ2v) is 19.2. The second kappa shape index (κ2) is 23.3. The van der Waals surface area contributed by atoms with Gasteiger partial charge in [0.2, 0.25) is 17.7 Å². The molecule has 17 nitrogen and oxygen atoms in total. The lowest BCUT2D eigenvalue weighted by Crippen LogP contribution is -2.54. The van der Waals surface area contributed by atoms with Crippen molar-refractivity contribution in [3.8, 4) is 11.1 Å². The third-order valence-electron chi connectivity index (χ3n) is 13.7. The molecule has 3 aromatic carbocycles.